The van der Waals surface area contributed by atoms with E-state index < -0.39 is 9.84 Å². The number of nitrogens with one attached hydrogen (secondary N) is 1. The zero-order chi connectivity index (χ0) is 23.7. The fourth-order valence-corrected chi connectivity index (χ4v) is 3.01. The molecule has 0 aromatic rings. The Hall–Kier alpha value is -0.910. The molecule has 28 heavy (non-hydrogen) atoms. The summed E-state index contributed by atoms with van der Waals surface area (Å²) in [5.41, 5.74) is -0.254. The van der Waals surface area contributed by atoms with E-state index in [2.05, 4.69) is 5.32 Å². The average Bonchev–Trinajstić information content (AvgIpc) is 2.44. The summed E-state index contributed by atoms with van der Waals surface area (Å²) in [5.74, 6) is 0.708. The first-order valence-corrected chi connectivity index (χ1v) is 11.8. The number of amides is 1. The van der Waals surface area contributed by atoms with Gasteiger partial charge in [0.2, 0.25) is 5.91 Å². The van der Waals surface area contributed by atoms with Crippen LogP contribution in [-0.4, -0.2) is 36.1 Å². The second-order valence-electron chi connectivity index (χ2n) is 10.3. The maximum atomic E-state index is 11.2. The van der Waals surface area contributed by atoms with E-state index in [4.69, 9.17) is 0 Å². The molecule has 0 aromatic heterocycles. The molecule has 6 heteroatoms. The summed E-state index contributed by atoms with van der Waals surface area (Å²) in [6.07, 6.45) is 0. The highest BCUT2D eigenvalue weighted by atomic mass is 32.2. The molecule has 0 saturated carbocycles. The first kappa shape index (κ1) is 31.8. The average molecular weight is 422 g/mol. The van der Waals surface area contributed by atoms with Gasteiger partial charge in [-0.25, -0.2) is 8.42 Å². The third-order valence-electron chi connectivity index (χ3n) is 3.60. The van der Waals surface area contributed by atoms with Crippen molar-refractivity contribution in [1.29, 1.82) is 0 Å². The number of ketones is 1. The topological polar surface area (TPSA) is 80.3 Å². The Labute approximate surface area is 175 Å². The summed E-state index contributed by atoms with van der Waals surface area (Å²) in [5, 5.41) is 2.40. The van der Waals surface area contributed by atoms with Crippen molar-refractivity contribution in [3.05, 3.63) is 0 Å². The smallest absolute Gasteiger partial charge is 0.222 e. The van der Waals surface area contributed by atoms with Gasteiger partial charge in [-0.3, -0.25) is 9.59 Å². The number of Topliss-reactive ketones (excluding diaryl/α,β-unsaturated/α-hetero) is 1. The summed E-state index contributed by atoms with van der Waals surface area (Å²) in [7, 11) is -2.81. The van der Waals surface area contributed by atoms with Crippen molar-refractivity contribution in [2.45, 2.75) is 113 Å². The Morgan fingerprint density at radius 1 is 0.679 bits per heavy atom. The Kier molecular flexibility index (Phi) is 14.3. The summed E-state index contributed by atoms with van der Waals surface area (Å²) in [4.78, 5) is 22.2. The summed E-state index contributed by atoms with van der Waals surface area (Å²) < 4.78 is 22.1. The second kappa shape index (κ2) is 12.6. The molecule has 0 aliphatic rings. The van der Waals surface area contributed by atoms with Crippen molar-refractivity contribution in [3.63, 3.8) is 0 Å². The largest absolute Gasteiger partial charge is 0.351 e. The van der Waals surface area contributed by atoms with Gasteiger partial charge in [0.15, 0.2) is 9.84 Å². The van der Waals surface area contributed by atoms with Gasteiger partial charge >= 0.3 is 0 Å². The van der Waals surface area contributed by atoms with Gasteiger partial charge in [0.1, 0.15) is 5.78 Å². The molecular weight excluding hydrogens is 374 g/mol. The van der Waals surface area contributed by atoms with E-state index >= 15 is 0 Å². The monoisotopic (exact) mass is 421 g/mol. The quantitative estimate of drug-likeness (QED) is 0.690. The molecule has 0 aliphatic heterocycles. The van der Waals surface area contributed by atoms with Crippen LogP contribution in [0.2, 0.25) is 0 Å². The number of hydrogen-bond acceptors (Lipinski definition) is 4. The van der Waals surface area contributed by atoms with Gasteiger partial charge in [-0.2, -0.15) is 0 Å². The van der Waals surface area contributed by atoms with E-state index in [-0.39, 0.29) is 39.2 Å². The van der Waals surface area contributed by atoms with Crippen LogP contribution in [0.1, 0.15) is 96.9 Å². The molecular formula is C22H47NO4S. The van der Waals surface area contributed by atoms with Crippen LogP contribution in [0.15, 0.2) is 0 Å². The van der Waals surface area contributed by atoms with Crippen molar-refractivity contribution < 1.29 is 18.0 Å². The molecule has 0 heterocycles. The molecule has 0 radical (unpaired) electrons. The first-order chi connectivity index (χ1) is 12.1. The van der Waals surface area contributed by atoms with E-state index in [1.807, 2.05) is 69.2 Å². The molecule has 0 atom stereocenters. The minimum Gasteiger partial charge on any atom is -0.351 e. The zero-order valence-electron chi connectivity index (χ0n) is 20.9. The molecule has 0 bridgehead atoms. The predicted octanol–water partition coefficient (Wildman–Crippen LogP) is 5.03. The molecule has 0 aromatic carbocycles. The molecule has 1 amide bonds. The van der Waals surface area contributed by atoms with Crippen LogP contribution in [0, 0.1) is 17.3 Å². The van der Waals surface area contributed by atoms with Crippen LogP contribution in [-0.2, 0) is 19.4 Å². The van der Waals surface area contributed by atoms with E-state index in [0.29, 0.717) is 5.78 Å². The van der Waals surface area contributed by atoms with Gasteiger partial charge in [-0.15, -0.1) is 0 Å². The van der Waals surface area contributed by atoms with Crippen LogP contribution < -0.4 is 5.32 Å². The molecule has 0 unspecified atom stereocenters. The van der Waals surface area contributed by atoms with Crippen LogP contribution in [0.25, 0.3) is 0 Å². The van der Waals surface area contributed by atoms with Crippen LogP contribution in [0.3, 0.4) is 0 Å². The highest BCUT2D eigenvalue weighted by molar-refractivity contribution is 7.92. The Balaban J connectivity index is -0.000000336. The molecule has 5 nitrogen and oxygen atoms in total. The van der Waals surface area contributed by atoms with E-state index in [0.717, 1.165) is 0 Å². The van der Waals surface area contributed by atoms with E-state index in [9.17, 15) is 18.0 Å². The lowest BCUT2D eigenvalue weighted by molar-refractivity contribution is -0.129. The van der Waals surface area contributed by atoms with E-state index in [1.54, 1.807) is 27.7 Å². The zero-order valence-corrected chi connectivity index (χ0v) is 21.7. The second-order valence-corrected chi connectivity index (χ2v) is 13.4. The molecule has 0 saturated heterocycles. The minimum atomic E-state index is -2.81. The first-order valence-electron chi connectivity index (χ1n) is 10.2. The third kappa shape index (κ3) is 16.1. The maximum Gasteiger partial charge on any atom is 0.222 e. The van der Waals surface area contributed by atoms with Gasteiger partial charge in [0, 0.05) is 22.8 Å². The van der Waals surface area contributed by atoms with Crippen LogP contribution in [0.4, 0.5) is 0 Å². The summed E-state index contributed by atoms with van der Waals surface area (Å²) in [6.45, 7) is 26.3. The van der Waals surface area contributed by atoms with Crippen LogP contribution in [0.5, 0.6) is 0 Å². The molecule has 0 aliphatic carbocycles. The van der Waals surface area contributed by atoms with Gasteiger partial charge in [-0.1, -0.05) is 48.5 Å². The molecule has 0 fully saturated rings. The Morgan fingerprint density at radius 2 is 1.00 bits per heavy atom. The number of rotatable bonds is 4. The van der Waals surface area contributed by atoms with Crippen molar-refractivity contribution in [3.8, 4) is 0 Å². The SMILES string of the molecule is CC(C)C(=O)C(C)(C)C.CC(C)C(=O)NC(C)(C)C.CC(C)S(=O)(=O)C(C)C. The minimum absolute atomic E-state index is 0.0826. The van der Waals surface area contributed by atoms with Gasteiger partial charge in [0.05, 0.1) is 10.5 Å². The molecule has 0 rings (SSSR count). The van der Waals surface area contributed by atoms with Crippen LogP contribution >= 0.6 is 0 Å². The Bertz CT molecular complexity index is 546. The lowest BCUT2D eigenvalue weighted by Crippen LogP contribution is -2.42. The number of carbonyl (C=O) groups is 2. The van der Waals surface area contributed by atoms with Gasteiger partial charge in [0.25, 0.3) is 0 Å². The normalized spacial score (nSPS) is 12.4. The Morgan fingerprint density at radius 3 is 1.04 bits per heavy atom. The van der Waals surface area contributed by atoms with Crippen molar-refractivity contribution >= 4 is 21.5 Å². The highest BCUT2D eigenvalue weighted by Gasteiger charge is 2.23. The van der Waals surface area contributed by atoms with Crippen molar-refractivity contribution in [2.24, 2.45) is 17.3 Å². The fourth-order valence-electron chi connectivity index (χ4n) is 1.92. The lowest BCUT2D eigenvalue weighted by atomic mass is 9.85. The predicted molar refractivity (Wildman–Crippen MR) is 121 cm³/mol. The summed E-state index contributed by atoms with van der Waals surface area (Å²) in [6, 6.07) is 0. The highest BCUT2D eigenvalue weighted by Crippen LogP contribution is 2.19. The number of sulfone groups is 1. The molecule has 0 spiro atoms. The van der Waals surface area contributed by atoms with E-state index in [1.165, 1.54) is 0 Å². The van der Waals surface area contributed by atoms with Crippen molar-refractivity contribution in [2.75, 3.05) is 0 Å². The number of hydrogen-bond donors (Lipinski definition) is 1. The fraction of sp³-hybridized carbons (Fsp3) is 0.909. The molecule has 170 valence electrons. The van der Waals surface area contributed by atoms with Crippen molar-refractivity contribution in [1.82, 2.24) is 5.32 Å². The maximum absolute atomic E-state index is 11.2. The van der Waals surface area contributed by atoms with Gasteiger partial charge in [-0.05, 0) is 48.5 Å². The molecule has 1 N–H and O–H groups in total. The standard InChI is InChI=1S/C8H17NO.C8H16O.C6H14O2S/c1-6(2)7(10)9-8(3,4)5;1-6(2)7(9)8(3,4)5;1-5(2)9(7,8)6(3)4/h6H,1-5H3,(H,9,10);6H,1-5H3;5-6H,1-4H3. The summed E-state index contributed by atoms with van der Waals surface area (Å²) >= 11 is 0. The van der Waals surface area contributed by atoms with Gasteiger partial charge < -0.3 is 5.32 Å². The third-order valence-corrected chi connectivity index (χ3v) is 6.23. The number of carbonyl (C=O) groups excluding carboxylic acids is 2. The lowest BCUT2D eigenvalue weighted by Gasteiger charge is -2.21.